The summed E-state index contributed by atoms with van der Waals surface area (Å²) in [5, 5.41) is 15.6. The summed E-state index contributed by atoms with van der Waals surface area (Å²) in [6, 6.07) is 7.44. The molecule has 1 aliphatic heterocycles. The van der Waals surface area contributed by atoms with Crippen molar-refractivity contribution in [1.82, 2.24) is 24.6 Å². The van der Waals surface area contributed by atoms with Gasteiger partial charge in [0.1, 0.15) is 6.04 Å². The molecule has 3 aromatic rings. The van der Waals surface area contributed by atoms with Crippen LogP contribution in [0.25, 0.3) is 11.3 Å². The molecule has 0 spiro atoms. The Hall–Kier alpha value is -3.87. The van der Waals surface area contributed by atoms with Gasteiger partial charge in [-0.1, -0.05) is 18.6 Å². The maximum absolute atomic E-state index is 12.5. The van der Waals surface area contributed by atoms with Crippen molar-refractivity contribution < 1.29 is 19.4 Å². The summed E-state index contributed by atoms with van der Waals surface area (Å²) in [4.78, 5) is 33.4. The van der Waals surface area contributed by atoms with Gasteiger partial charge in [-0.05, 0) is 69.8 Å². The fourth-order valence-corrected chi connectivity index (χ4v) is 4.47. The second-order valence-electron chi connectivity index (χ2n) is 10.8. The van der Waals surface area contributed by atoms with Crippen molar-refractivity contribution in [2.75, 3.05) is 25.0 Å². The van der Waals surface area contributed by atoms with Gasteiger partial charge in [0.05, 0.1) is 29.8 Å². The van der Waals surface area contributed by atoms with Crippen molar-refractivity contribution in [1.29, 1.82) is 0 Å². The number of nitrogens with two attached hydrogens (primary N) is 2. The number of hydrogen-bond acceptors (Lipinski definition) is 9. The van der Waals surface area contributed by atoms with Crippen LogP contribution in [-0.4, -0.2) is 79.5 Å². The van der Waals surface area contributed by atoms with Crippen LogP contribution in [0.15, 0.2) is 42.9 Å². The molecule has 1 aromatic carbocycles. The second kappa shape index (κ2) is 15.9. The smallest absolute Gasteiger partial charge is 0.320 e. The number of carbonyl (C=O) groups is 2. The number of carboxylic acids is 1. The molecule has 1 saturated heterocycles. The van der Waals surface area contributed by atoms with Crippen LogP contribution in [0.3, 0.4) is 0 Å². The summed E-state index contributed by atoms with van der Waals surface area (Å²) in [7, 11) is 1.86. The molecule has 1 fully saturated rings. The Morgan fingerprint density at radius 3 is 2.60 bits per heavy atom. The minimum Gasteiger partial charge on any atom is -0.480 e. The summed E-state index contributed by atoms with van der Waals surface area (Å²) in [6.45, 7) is 8.14. The SMILES string of the molecule is Cc1cc(-c2ccnc(Nc3cnn(C)c3)n2)ccc1CCC(=O)N1CC(OC(C)C)C1.NCCCC[C@H](N)C(=O)O. The van der Waals surface area contributed by atoms with Gasteiger partial charge in [0, 0.05) is 44.5 Å². The fraction of sp³-hybridized carbons (Fsp3) is 0.500. The first-order chi connectivity index (χ1) is 20.0. The van der Waals surface area contributed by atoms with E-state index in [1.54, 1.807) is 17.1 Å². The van der Waals surface area contributed by atoms with Crippen LogP contribution < -0.4 is 16.8 Å². The van der Waals surface area contributed by atoms with Gasteiger partial charge >= 0.3 is 5.97 Å². The number of carboxylic acid groups (broad SMARTS) is 1. The van der Waals surface area contributed by atoms with Crippen LogP contribution in [0.2, 0.25) is 0 Å². The minimum absolute atomic E-state index is 0.186. The van der Waals surface area contributed by atoms with Gasteiger partial charge in [0.25, 0.3) is 0 Å². The molecular formula is C30H44N8O4. The molecule has 0 bridgehead atoms. The highest BCUT2D eigenvalue weighted by molar-refractivity contribution is 5.77. The Balaban J connectivity index is 0.000000416. The van der Waals surface area contributed by atoms with Crippen LogP contribution in [0.5, 0.6) is 0 Å². The lowest BCUT2D eigenvalue weighted by molar-refractivity contribution is -0.148. The van der Waals surface area contributed by atoms with E-state index in [0.29, 0.717) is 38.4 Å². The lowest BCUT2D eigenvalue weighted by Crippen LogP contribution is -2.55. The van der Waals surface area contributed by atoms with Crippen LogP contribution in [0.1, 0.15) is 50.7 Å². The van der Waals surface area contributed by atoms with E-state index >= 15 is 0 Å². The molecule has 2 aromatic heterocycles. The molecule has 4 rings (SSSR count). The molecule has 3 heterocycles. The Bertz CT molecular complexity index is 1310. The van der Waals surface area contributed by atoms with E-state index in [2.05, 4.69) is 45.5 Å². The maximum Gasteiger partial charge on any atom is 0.320 e. The van der Waals surface area contributed by atoms with Gasteiger partial charge < -0.3 is 31.5 Å². The number of nitrogens with zero attached hydrogens (tertiary/aromatic N) is 5. The topological polar surface area (TPSA) is 175 Å². The number of nitrogens with one attached hydrogen (secondary N) is 1. The maximum atomic E-state index is 12.5. The average molecular weight is 581 g/mol. The lowest BCUT2D eigenvalue weighted by Gasteiger charge is -2.40. The summed E-state index contributed by atoms with van der Waals surface area (Å²) >= 11 is 0. The third-order valence-electron chi connectivity index (χ3n) is 6.81. The fourth-order valence-electron chi connectivity index (χ4n) is 4.47. The lowest BCUT2D eigenvalue weighted by atomic mass is 9.99. The molecule has 12 heteroatoms. The second-order valence-corrected chi connectivity index (χ2v) is 10.8. The van der Waals surface area contributed by atoms with E-state index in [1.165, 1.54) is 5.56 Å². The van der Waals surface area contributed by atoms with Gasteiger partial charge in [0.2, 0.25) is 11.9 Å². The molecule has 228 valence electrons. The van der Waals surface area contributed by atoms with E-state index in [9.17, 15) is 9.59 Å². The zero-order valence-corrected chi connectivity index (χ0v) is 25.0. The molecule has 42 heavy (non-hydrogen) atoms. The van der Waals surface area contributed by atoms with Crippen LogP contribution >= 0.6 is 0 Å². The standard InChI is InChI=1S/C24H30N6O2.C6H14N2O2/c1-16(2)32-21-14-30(15-21)23(31)8-7-18-5-6-19(11-17(18)3)22-9-10-25-24(28-22)27-20-12-26-29(4)13-20;7-4-2-1-3-5(8)6(9)10/h5-6,9-13,16,21H,7-8,14-15H2,1-4H3,(H,25,27,28);5H,1-4,7-8H2,(H,9,10)/t;5-/m.0/s1. The number of aryl methyl sites for hydroxylation is 3. The number of aromatic nitrogens is 4. The highest BCUT2D eigenvalue weighted by Crippen LogP contribution is 2.24. The van der Waals surface area contributed by atoms with Gasteiger partial charge in [0.15, 0.2) is 0 Å². The molecule has 0 radical (unpaired) electrons. The van der Waals surface area contributed by atoms with Crippen LogP contribution in [0.4, 0.5) is 11.6 Å². The van der Waals surface area contributed by atoms with E-state index in [-0.39, 0.29) is 18.1 Å². The highest BCUT2D eigenvalue weighted by atomic mass is 16.5. The number of ether oxygens (including phenoxy) is 1. The Morgan fingerprint density at radius 2 is 1.98 bits per heavy atom. The first-order valence-corrected chi connectivity index (χ1v) is 14.4. The molecular weight excluding hydrogens is 536 g/mol. The molecule has 1 atom stereocenters. The van der Waals surface area contributed by atoms with Crippen molar-refractivity contribution in [3.05, 3.63) is 54.0 Å². The Labute approximate surface area is 247 Å². The highest BCUT2D eigenvalue weighted by Gasteiger charge is 2.31. The number of benzene rings is 1. The number of anilines is 2. The number of rotatable bonds is 13. The van der Waals surface area contributed by atoms with Crippen molar-refractivity contribution in [3.63, 3.8) is 0 Å². The average Bonchev–Trinajstić information content (AvgIpc) is 3.34. The number of carbonyl (C=O) groups excluding carboxylic acids is 1. The normalized spacial score (nSPS) is 13.7. The first-order valence-electron chi connectivity index (χ1n) is 14.4. The van der Waals surface area contributed by atoms with E-state index in [4.69, 9.17) is 21.3 Å². The molecule has 6 N–H and O–H groups in total. The van der Waals surface area contributed by atoms with Crippen molar-refractivity contribution >= 4 is 23.5 Å². The summed E-state index contributed by atoms with van der Waals surface area (Å²) in [5.74, 6) is -0.215. The van der Waals surface area contributed by atoms with Crippen LogP contribution in [0, 0.1) is 6.92 Å². The van der Waals surface area contributed by atoms with Gasteiger partial charge in [-0.15, -0.1) is 0 Å². The zero-order valence-electron chi connectivity index (χ0n) is 25.0. The van der Waals surface area contributed by atoms with Crippen molar-refractivity contribution in [2.45, 2.75) is 71.1 Å². The van der Waals surface area contributed by atoms with Gasteiger partial charge in [-0.3, -0.25) is 14.3 Å². The van der Waals surface area contributed by atoms with E-state index < -0.39 is 12.0 Å². The first kappa shape index (κ1) is 32.6. The summed E-state index contributed by atoms with van der Waals surface area (Å²) in [5.41, 5.74) is 15.5. The van der Waals surface area contributed by atoms with Gasteiger partial charge in [-0.2, -0.15) is 5.10 Å². The predicted octanol–water partition coefficient (Wildman–Crippen LogP) is 3.02. The van der Waals surface area contributed by atoms with Gasteiger partial charge in [-0.25, -0.2) is 9.97 Å². The summed E-state index contributed by atoms with van der Waals surface area (Å²) < 4.78 is 7.45. The Morgan fingerprint density at radius 1 is 1.21 bits per heavy atom. The molecule has 1 aliphatic rings. The molecule has 12 nitrogen and oxygen atoms in total. The van der Waals surface area contributed by atoms with E-state index in [1.807, 2.05) is 38.1 Å². The molecule has 1 amide bonds. The Kier molecular flexibility index (Phi) is 12.4. The van der Waals surface area contributed by atoms with Crippen LogP contribution in [-0.2, 0) is 27.8 Å². The van der Waals surface area contributed by atoms with Crippen molar-refractivity contribution in [2.24, 2.45) is 18.5 Å². The molecule has 0 saturated carbocycles. The van der Waals surface area contributed by atoms with Crippen molar-refractivity contribution in [3.8, 4) is 11.3 Å². The largest absolute Gasteiger partial charge is 0.480 e. The number of likely N-dealkylation sites (tertiary alicyclic amines) is 1. The number of unbranched alkanes of at least 4 members (excludes halogenated alkanes) is 1. The quantitative estimate of drug-likeness (QED) is 0.220. The number of aliphatic carboxylic acids is 1. The third-order valence-corrected chi connectivity index (χ3v) is 6.81. The third kappa shape index (κ3) is 10.2. The molecule has 0 aliphatic carbocycles. The molecule has 0 unspecified atom stereocenters. The zero-order chi connectivity index (χ0) is 30.6. The predicted molar refractivity (Wildman–Crippen MR) is 162 cm³/mol. The minimum atomic E-state index is -0.933. The summed E-state index contributed by atoms with van der Waals surface area (Å²) in [6.07, 6.45) is 9.14. The van der Waals surface area contributed by atoms with E-state index in [0.717, 1.165) is 41.8 Å². The number of amides is 1. The monoisotopic (exact) mass is 580 g/mol. The number of hydrogen-bond donors (Lipinski definition) is 4.